The van der Waals surface area contributed by atoms with Crippen LogP contribution < -0.4 is 5.32 Å². The molecule has 0 spiro atoms. The lowest BCUT2D eigenvalue weighted by atomic mass is 10.0. The molecule has 1 unspecified atom stereocenters. The topological polar surface area (TPSA) is 46.2 Å². The molecule has 0 amide bonds. The molecular weight excluding hydrogens is 310 g/mol. The highest BCUT2D eigenvalue weighted by Gasteiger charge is 2.48. The van der Waals surface area contributed by atoms with Crippen LogP contribution >= 0.6 is 0 Å². The van der Waals surface area contributed by atoms with Crippen molar-refractivity contribution in [3.63, 3.8) is 0 Å². The summed E-state index contributed by atoms with van der Waals surface area (Å²) in [4.78, 5) is -0.990. The van der Waals surface area contributed by atoms with Crippen molar-refractivity contribution in [3.05, 3.63) is 29.6 Å². The number of alkyl halides is 3. The van der Waals surface area contributed by atoms with E-state index >= 15 is 0 Å². The minimum Gasteiger partial charge on any atom is -0.316 e. The maximum absolute atomic E-state index is 13.2. The number of benzene rings is 1. The second-order valence-electron chi connectivity index (χ2n) is 5.14. The van der Waals surface area contributed by atoms with Crippen LogP contribution in [0, 0.1) is 11.7 Å². The molecule has 1 N–H and O–H groups in total. The summed E-state index contributed by atoms with van der Waals surface area (Å²) < 4.78 is 74.4. The van der Waals surface area contributed by atoms with E-state index in [2.05, 4.69) is 5.32 Å². The van der Waals surface area contributed by atoms with E-state index in [1.165, 1.54) is 0 Å². The van der Waals surface area contributed by atoms with Crippen LogP contribution in [0.25, 0.3) is 0 Å². The maximum Gasteiger partial charge on any atom is 0.501 e. The van der Waals surface area contributed by atoms with E-state index in [4.69, 9.17) is 0 Å². The summed E-state index contributed by atoms with van der Waals surface area (Å²) in [5.74, 6) is -0.685. The van der Waals surface area contributed by atoms with Crippen molar-refractivity contribution in [2.24, 2.45) is 5.92 Å². The Morgan fingerprint density at radius 3 is 2.43 bits per heavy atom. The molecule has 2 rings (SSSR count). The van der Waals surface area contributed by atoms with Gasteiger partial charge in [-0.25, -0.2) is 12.8 Å². The molecule has 3 nitrogen and oxygen atoms in total. The molecule has 1 fully saturated rings. The Balaban J connectivity index is 2.43. The van der Waals surface area contributed by atoms with Gasteiger partial charge in [-0.2, -0.15) is 13.2 Å². The van der Waals surface area contributed by atoms with Gasteiger partial charge in [0.05, 0.1) is 4.90 Å². The number of sulfone groups is 1. The molecule has 8 heteroatoms. The van der Waals surface area contributed by atoms with Gasteiger partial charge in [-0.3, -0.25) is 0 Å². The number of rotatable bonds is 5. The van der Waals surface area contributed by atoms with Crippen LogP contribution in [-0.2, 0) is 16.3 Å². The lowest BCUT2D eigenvalue weighted by Crippen LogP contribution is -2.31. The van der Waals surface area contributed by atoms with Gasteiger partial charge in [-0.05, 0) is 49.9 Å². The van der Waals surface area contributed by atoms with Crippen molar-refractivity contribution in [2.45, 2.75) is 35.7 Å². The van der Waals surface area contributed by atoms with Crippen LogP contribution in [0.4, 0.5) is 17.6 Å². The first kappa shape index (κ1) is 16.2. The van der Waals surface area contributed by atoms with Crippen LogP contribution in [0.5, 0.6) is 0 Å². The first-order valence-corrected chi connectivity index (χ1v) is 7.92. The fraction of sp³-hybridized carbons (Fsp3) is 0.538. The van der Waals surface area contributed by atoms with E-state index in [9.17, 15) is 26.0 Å². The monoisotopic (exact) mass is 325 g/mol. The molecule has 1 aromatic rings. The summed E-state index contributed by atoms with van der Waals surface area (Å²) >= 11 is 0. The molecular formula is C13H15F4NO2S. The minimum absolute atomic E-state index is 0.0139. The standard InChI is InChI=1S/C13H15F4NO2S/c1-18-11(8-2-3-8)6-9-4-5-10(14)7-12(9)21(19,20)13(15,16)17/h4-5,7-8,11,18H,2-3,6H2,1H3. The molecule has 1 atom stereocenters. The van der Waals surface area contributed by atoms with Crippen molar-refractivity contribution in [1.82, 2.24) is 5.32 Å². The van der Waals surface area contributed by atoms with Crippen LogP contribution in [0.15, 0.2) is 23.1 Å². The fourth-order valence-corrected chi connectivity index (χ4v) is 3.33. The van der Waals surface area contributed by atoms with Gasteiger partial charge in [0.2, 0.25) is 0 Å². The molecule has 1 aliphatic rings. The zero-order valence-corrected chi connectivity index (χ0v) is 12.1. The van der Waals surface area contributed by atoms with E-state index in [0.29, 0.717) is 12.0 Å². The highest BCUT2D eigenvalue weighted by molar-refractivity contribution is 7.92. The summed E-state index contributed by atoms with van der Waals surface area (Å²) in [7, 11) is -3.89. The van der Waals surface area contributed by atoms with E-state index in [1.807, 2.05) is 0 Å². The Morgan fingerprint density at radius 2 is 1.95 bits per heavy atom. The minimum atomic E-state index is -5.56. The summed E-state index contributed by atoms with van der Waals surface area (Å²) in [6.07, 6.45) is 2.02. The van der Waals surface area contributed by atoms with Gasteiger partial charge >= 0.3 is 5.51 Å². The Morgan fingerprint density at radius 1 is 1.33 bits per heavy atom. The zero-order valence-electron chi connectivity index (χ0n) is 11.2. The second kappa shape index (κ2) is 5.57. The van der Waals surface area contributed by atoms with Crippen molar-refractivity contribution >= 4 is 9.84 Å². The Bertz CT molecular complexity index is 624. The van der Waals surface area contributed by atoms with Crippen molar-refractivity contribution in [1.29, 1.82) is 0 Å². The second-order valence-corrected chi connectivity index (χ2v) is 7.05. The molecule has 1 aliphatic carbocycles. The molecule has 1 saturated carbocycles. The quantitative estimate of drug-likeness (QED) is 0.847. The number of nitrogens with one attached hydrogen (secondary N) is 1. The van der Waals surface area contributed by atoms with Crippen LogP contribution in [0.3, 0.4) is 0 Å². The summed E-state index contributed by atoms with van der Waals surface area (Å²) in [5, 5.41) is 2.97. The third-order valence-electron chi connectivity index (χ3n) is 3.63. The number of hydrogen-bond acceptors (Lipinski definition) is 3. The third-order valence-corrected chi connectivity index (χ3v) is 5.19. The van der Waals surface area contributed by atoms with Crippen LogP contribution in [0.1, 0.15) is 18.4 Å². The van der Waals surface area contributed by atoms with Gasteiger partial charge in [0.15, 0.2) is 0 Å². The SMILES string of the molecule is CNC(Cc1ccc(F)cc1S(=O)(=O)C(F)(F)F)C1CC1. The third kappa shape index (κ3) is 3.37. The highest BCUT2D eigenvalue weighted by Crippen LogP contribution is 2.37. The fourth-order valence-electron chi connectivity index (χ4n) is 2.31. The van der Waals surface area contributed by atoms with E-state index in [1.54, 1.807) is 7.05 Å². The van der Waals surface area contributed by atoms with Crippen LogP contribution in [0.2, 0.25) is 0 Å². The van der Waals surface area contributed by atoms with Gasteiger partial charge < -0.3 is 5.32 Å². The largest absolute Gasteiger partial charge is 0.501 e. The van der Waals surface area contributed by atoms with Crippen molar-refractivity contribution in [2.75, 3.05) is 7.05 Å². The molecule has 0 radical (unpaired) electrons. The summed E-state index contributed by atoms with van der Waals surface area (Å²) in [6.45, 7) is 0. The molecule has 0 saturated heterocycles. The van der Waals surface area contributed by atoms with Crippen LogP contribution in [-0.4, -0.2) is 27.0 Å². The lowest BCUT2D eigenvalue weighted by Gasteiger charge is -2.18. The molecule has 0 aromatic heterocycles. The Labute approximate surface area is 120 Å². The van der Waals surface area contributed by atoms with Gasteiger partial charge in [0.1, 0.15) is 5.82 Å². The predicted octanol–water partition coefficient (Wildman–Crippen LogP) is 2.66. The molecule has 21 heavy (non-hydrogen) atoms. The number of likely N-dealkylation sites (N-methyl/N-ethyl adjacent to an activating group) is 1. The first-order chi connectivity index (χ1) is 9.66. The normalized spacial score (nSPS) is 17.8. The smallest absolute Gasteiger partial charge is 0.316 e. The lowest BCUT2D eigenvalue weighted by molar-refractivity contribution is -0.0436. The molecule has 0 bridgehead atoms. The van der Waals surface area contributed by atoms with Crippen molar-refractivity contribution < 1.29 is 26.0 Å². The molecule has 0 heterocycles. The maximum atomic E-state index is 13.2. The van der Waals surface area contributed by atoms with Gasteiger partial charge in [0, 0.05) is 6.04 Å². The first-order valence-electron chi connectivity index (χ1n) is 6.44. The molecule has 0 aliphatic heterocycles. The average Bonchev–Trinajstić information content (AvgIpc) is 3.20. The van der Waals surface area contributed by atoms with E-state index < -0.39 is 26.1 Å². The van der Waals surface area contributed by atoms with E-state index in [0.717, 1.165) is 25.0 Å². The predicted molar refractivity (Wildman–Crippen MR) is 68.9 cm³/mol. The average molecular weight is 325 g/mol. The zero-order chi connectivity index (χ0) is 15.8. The van der Waals surface area contributed by atoms with E-state index in [-0.39, 0.29) is 18.0 Å². The van der Waals surface area contributed by atoms with Gasteiger partial charge in [0.25, 0.3) is 9.84 Å². The Kier molecular flexibility index (Phi) is 4.30. The number of halogens is 4. The number of hydrogen-bond donors (Lipinski definition) is 1. The summed E-state index contributed by atoms with van der Waals surface area (Å²) in [6, 6.07) is 2.42. The summed E-state index contributed by atoms with van der Waals surface area (Å²) in [5.41, 5.74) is -5.45. The van der Waals surface area contributed by atoms with Gasteiger partial charge in [-0.15, -0.1) is 0 Å². The highest BCUT2D eigenvalue weighted by atomic mass is 32.2. The van der Waals surface area contributed by atoms with Gasteiger partial charge in [-0.1, -0.05) is 6.07 Å². The molecule has 1 aromatic carbocycles. The van der Waals surface area contributed by atoms with Crippen molar-refractivity contribution in [3.8, 4) is 0 Å². The Hall–Kier alpha value is -1.15. The molecule has 118 valence electrons.